The van der Waals surface area contributed by atoms with Crippen LogP contribution < -0.4 is 4.74 Å². The van der Waals surface area contributed by atoms with Gasteiger partial charge in [0.25, 0.3) is 0 Å². The van der Waals surface area contributed by atoms with Crippen molar-refractivity contribution in [2.24, 2.45) is 0 Å². The molecule has 0 saturated carbocycles. The van der Waals surface area contributed by atoms with Crippen LogP contribution in [0.5, 0.6) is 5.75 Å². The summed E-state index contributed by atoms with van der Waals surface area (Å²) in [7, 11) is 1.61. The molecule has 0 bridgehead atoms. The lowest BCUT2D eigenvalue weighted by molar-refractivity contribution is 0.169. The van der Waals surface area contributed by atoms with E-state index in [1.54, 1.807) is 7.11 Å². The van der Waals surface area contributed by atoms with E-state index in [-0.39, 0.29) is 0 Å². The van der Waals surface area contributed by atoms with Crippen molar-refractivity contribution in [3.05, 3.63) is 29.8 Å². The third-order valence-corrected chi connectivity index (χ3v) is 1.88. The Kier molecular flexibility index (Phi) is 3.11. The molecule has 0 aliphatic heterocycles. The molecule has 1 atom stereocenters. The van der Waals surface area contributed by atoms with Crippen LogP contribution in [0.1, 0.15) is 25.0 Å². The lowest BCUT2D eigenvalue weighted by Gasteiger charge is -2.11. The number of hydrogen-bond donors (Lipinski definition) is 1. The molecule has 0 saturated heterocycles. The average molecular weight is 166 g/mol. The van der Waals surface area contributed by atoms with Crippen LogP contribution in [0.25, 0.3) is 0 Å². The van der Waals surface area contributed by atoms with E-state index in [0.717, 1.165) is 11.3 Å². The summed E-state index contributed by atoms with van der Waals surface area (Å²) in [5.41, 5.74) is 0.863. The van der Waals surface area contributed by atoms with Crippen LogP contribution in [0.3, 0.4) is 0 Å². The highest BCUT2D eigenvalue weighted by molar-refractivity contribution is 5.34. The van der Waals surface area contributed by atoms with Crippen LogP contribution in [-0.2, 0) is 0 Å². The normalized spacial score (nSPS) is 12.6. The molecule has 0 aliphatic rings. The van der Waals surface area contributed by atoms with Crippen molar-refractivity contribution in [1.82, 2.24) is 0 Å². The molecule has 1 aromatic rings. The summed E-state index contributed by atoms with van der Waals surface area (Å²) in [6.45, 7) is 1.94. The fraction of sp³-hybridized carbons (Fsp3) is 0.400. The lowest BCUT2D eigenvalue weighted by Crippen LogP contribution is -1.98. The number of ether oxygens (including phenoxy) is 1. The zero-order chi connectivity index (χ0) is 8.97. The summed E-state index contributed by atoms with van der Waals surface area (Å²) >= 11 is 0. The second-order valence-corrected chi connectivity index (χ2v) is 2.67. The molecule has 1 aromatic carbocycles. The Balaban J connectivity index is 2.96. The highest BCUT2D eigenvalue weighted by Crippen LogP contribution is 2.26. The van der Waals surface area contributed by atoms with Gasteiger partial charge < -0.3 is 9.84 Å². The van der Waals surface area contributed by atoms with Crippen molar-refractivity contribution in [2.45, 2.75) is 19.4 Å². The first-order valence-corrected chi connectivity index (χ1v) is 4.10. The minimum Gasteiger partial charge on any atom is -0.496 e. The molecular weight excluding hydrogens is 152 g/mol. The van der Waals surface area contributed by atoms with Crippen LogP contribution >= 0.6 is 0 Å². The number of aliphatic hydroxyl groups excluding tert-OH is 1. The van der Waals surface area contributed by atoms with Crippen LogP contribution in [0.15, 0.2) is 24.3 Å². The number of rotatable bonds is 3. The van der Waals surface area contributed by atoms with Crippen LogP contribution in [-0.4, -0.2) is 12.2 Å². The van der Waals surface area contributed by atoms with Gasteiger partial charge >= 0.3 is 0 Å². The largest absolute Gasteiger partial charge is 0.496 e. The Bertz CT molecular complexity index is 245. The van der Waals surface area contributed by atoms with Gasteiger partial charge in [0, 0.05) is 5.56 Å². The van der Waals surface area contributed by atoms with Crippen molar-refractivity contribution < 1.29 is 9.84 Å². The zero-order valence-electron chi connectivity index (χ0n) is 7.45. The number of methoxy groups -OCH3 is 1. The SMILES string of the molecule is CC[C@H](O)c1ccccc1OC. The fourth-order valence-electron chi connectivity index (χ4n) is 1.16. The van der Waals surface area contributed by atoms with E-state index in [1.165, 1.54) is 0 Å². The molecule has 0 unspecified atom stereocenters. The fourth-order valence-corrected chi connectivity index (χ4v) is 1.16. The maximum atomic E-state index is 9.56. The number of hydrogen-bond acceptors (Lipinski definition) is 2. The number of para-hydroxylation sites is 1. The summed E-state index contributed by atoms with van der Waals surface area (Å²) < 4.78 is 5.11. The van der Waals surface area contributed by atoms with Gasteiger partial charge in [-0.05, 0) is 12.5 Å². The molecule has 0 aromatic heterocycles. The Morgan fingerprint density at radius 3 is 2.67 bits per heavy atom. The lowest BCUT2D eigenvalue weighted by atomic mass is 10.1. The van der Waals surface area contributed by atoms with Crippen LogP contribution in [0.2, 0.25) is 0 Å². The Morgan fingerprint density at radius 1 is 1.42 bits per heavy atom. The van der Waals surface area contributed by atoms with E-state index in [1.807, 2.05) is 31.2 Å². The predicted molar refractivity (Wildman–Crippen MR) is 48.2 cm³/mol. The highest BCUT2D eigenvalue weighted by atomic mass is 16.5. The quantitative estimate of drug-likeness (QED) is 0.745. The van der Waals surface area contributed by atoms with Crippen LogP contribution in [0, 0.1) is 0 Å². The summed E-state index contributed by atoms with van der Waals surface area (Å²) in [6.07, 6.45) is 0.293. The molecule has 2 heteroatoms. The third-order valence-electron chi connectivity index (χ3n) is 1.88. The Morgan fingerprint density at radius 2 is 2.08 bits per heavy atom. The monoisotopic (exact) mass is 166 g/mol. The van der Waals surface area contributed by atoms with Crippen LogP contribution in [0.4, 0.5) is 0 Å². The van der Waals surface area contributed by atoms with E-state index in [9.17, 15) is 5.11 Å². The molecule has 0 aliphatic carbocycles. The van der Waals surface area contributed by atoms with Crippen molar-refractivity contribution in [3.8, 4) is 5.75 Å². The van der Waals surface area contributed by atoms with Crippen molar-refractivity contribution in [3.63, 3.8) is 0 Å². The molecule has 66 valence electrons. The van der Waals surface area contributed by atoms with Gasteiger partial charge in [-0.25, -0.2) is 0 Å². The standard InChI is InChI=1S/C10H14O2/c1-3-9(11)8-6-4-5-7-10(8)12-2/h4-7,9,11H,3H2,1-2H3/t9-/m0/s1. The minimum atomic E-state index is -0.416. The van der Waals surface area contributed by atoms with E-state index in [2.05, 4.69) is 0 Å². The topological polar surface area (TPSA) is 29.5 Å². The van der Waals surface area contributed by atoms with E-state index < -0.39 is 6.10 Å². The minimum absolute atomic E-state index is 0.416. The van der Waals surface area contributed by atoms with E-state index >= 15 is 0 Å². The molecule has 0 spiro atoms. The second kappa shape index (κ2) is 4.12. The predicted octanol–water partition coefficient (Wildman–Crippen LogP) is 2.14. The van der Waals surface area contributed by atoms with Gasteiger partial charge in [0.15, 0.2) is 0 Å². The smallest absolute Gasteiger partial charge is 0.124 e. The number of aliphatic hydroxyl groups is 1. The molecule has 0 heterocycles. The molecule has 12 heavy (non-hydrogen) atoms. The first-order chi connectivity index (χ1) is 5.79. The average Bonchev–Trinajstić information content (AvgIpc) is 2.16. The molecule has 0 fully saturated rings. The van der Waals surface area contributed by atoms with Crippen molar-refractivity contribution in [1.29, 1.82) is 0 Å². The maximum Gasteiger partial charge on any atom is 0.124 e. The highest BCUT2D eigenvalue weighted by Gasteiger charge is 2.09. The zero-order valence-corrected chi connectivity index (χ0v) is 7.45. The van der Waals surface area contributed by atoms with Gasteiger partial charge in [-0.3, -0.25) is 0 Å². The molecule has 0 amide bonds. The van der Waals surface area contributed by atoms with Gasteiger partial charge in [0.2, 0.25) is 0 Å². The first-order valence-electron chi connectivity index (χ1n) is 4.10. The van der Waals surface area contributed by atoms with Gasteiger partial charge in [-0.15, -0.1) is 0 Å². The van der Waals surface area contributed by atoms with E-state index in [0.29, 0.717) is 6.42 Å². The van der Waals surface area contributed by atoms with Crippen molar-refractivity contribution in [2.75, 3.05) is 7.11 Å². The van der Waals surface area contributed by atoms with Crippen molar-refractivity contribution >= 4 is 0 Å². The summed E-state index contributed by atoms with van der Waals surface area (Å²) in [5.74, 6) is 0.756. The Hall–Kier alpha value is -1.02. The van der Waals surface area contributed by atoms with Gasteiger partial charge in [0.1, 0.15) is 5.75 Å². The second-order valence-electron chi connectivity index (χ2n) is 2.67. The summed E-state index contributed by atoms with van der Waals surface area (Å²) in [6, 6.07) is 7.53. The molecule has 1 rings (SSSR count). The first kappa shape index (κ1) is 9.07. The van der Waals surface area contributed by atoms with E-state index in [4.69, 9.17) is 4.74 Å². The summed E-state index contributed by atoms with van der Waals surface area (Å²) in [4.78, 5) is 0. The van der Waals surface area contributed by atoms with Gasteiger partial charge in [-0.1, -0.05) is 25.1 Å². The Labute approximate surface area is 72.8 Å². The molecular formula is C10H14O2. The number of benzene rings is 1. The van der Waals surface area contributed by atoms with Gasteiger partial charge in [0.05, 0.1) is 13.2 Å². The molecule has 2 nitrogen and oxygen atoms in total. The third kappa shape index (κ3) is 1.77. The maximum absolute atomic E-state index is 9.56. The summed E-state index contributed by atoms with van der Waals surface area (Å²) in [5, 5.41) is 9.56. The molecule has 1 N–H and O–H groups in total. The van der Waals surface area contributed by atoms with Gasteiger partial charge in [-0.2, -0.15) is 0 Å². The molecule has 0 radical (unpaired) electrons.